The van der Waals surface area contributed by atoms with Gasteiger partial charge in [0.15, 0.2) is 0 Å². The van der Waals surface area contributed by atoms with Crippen molar-refractivity contribution in [1.82, 2.24) is 4.90 Å². The van der Waals surface area contributed by atoms with Crippen LogP contribution in [-0.4, -0.2) is 30.6 Å². The van der Waals surface area contributed by atoms with E-state index in [-0.39, 0.29) is 0 Å². The number of nitrogens with zero attached hydrogens (tertiary/aromatic N) is 2. The first-order valence-corrected chi connectivity index (χ1v) is 9.94. The van der Waals surface area contributed by atoms with Crippen molar-refractivity contribution in [3.8, 4) is 0 Å². The highest BCUT2D eigenvalue weighted by Gasteiger charge is 2.17. The number of piperidine rings is 1. The Kier molecular flexibility index (Phi) is 6.77. The van der Waals surface area contributed by atoms with E-state index in [2.05, 4.69) is 59.2 Å². The quantitative estimate of drug-likeness (QED) is 0.550. The van der Waals surface area contributed by atoms with Crippen molar-refractivity contribution < 1.29 is 0 Å². The lowest BCUT2D eigenvalue weighted by molar-refractivity contribution is 0.158. The van der Waals surface area contributed by atoms with E-state index in [1.165, 1.54) is 56.6 Å². The Labute approximate surface area is 157 Å². The van der Waals surface area contributed by atoms with Crippen LogP contribution in [0.1, 0.15) is 39.0 Å². The highest BCUT2D eigenvalue weighted by Crippen LogP contribution is 2.27. The average molecular weight is 357 g/mol. The first kappa shape index (κ1) is 18.3. The van der Waals surface area contributed by atoms with Gasteiger partial charge in [0, 0.05) is 29.0 Å². The molecule has 0 amide bonds. The van der Waals surface area contributed by atoms with Crippen molar-refractivity contribution in [1.29, 1.82) is 0 Å². The Morgan fingerprint density at radius 3 is 2.40 bits per heavy atom. The van der Waals surface area contributed by atoms with Crippen molar-refractivity contribution in [3.05, 3.63) is 59.6 Å². The molecule has 1 fully saturated rings. The number of hydrogen-bond donors (Lipinski definition) is 0. The SMILES string of the molecule is CC1CCCCN1CCCCN(c1ccccc1)c1ccc(Cl)cc1. The standard InChI is InChI=1S/C22H29ClN2/c1-19-9-5-6-16-24(19)17-7-8-18-25(21-10-3-2-4-11-21)22-14-12-20(23)13-15-22/h2-4,10-15,19H,5-9,16-18H2,1H3. The molecule has 1 saturated heterocycles. The van der Waals surface area contributed by atoms with Gasteiger partial charge in [0.2, 0.25) is 0 Å². The summed E-state index contributed by atoms with van der Waals surface area (Å²) in [7, 11) is 0. The molecule has 134 valence electrons. The van der Waals surface area contributed by atoms with Gasteiger partial charge in [0.1, 0.15) is 0 Å². The van der Waals surface area contributed by atoms with Gasteiger partial charge in [-0.1, -0.05) is 36.2 Å². The van der Waals surface area contributed by atoms with Gasteiger partial charge >= 0.3 is 0 Å². The van der Waals surface area contributed by atoms with Crippen LogP contribution >= 0.6 is 11.6 Å². The lowest BCUT2D eigenvalue weighted by atomic mass is 10.0. The third-order valence-corrected chi connectivity index (χ3v) is 5.48. The molecule has 2 aromatic carbocycles. The summed E-state index contributed by atoms with van der Waals surface area (Å²) in [4.78, 5) is 5.06. The van der Waals surface area contributed by atoms with Crippen molar-refractivity contribution in [2.75, 3.05) is 24.5 Å². The van der Waals surface area contributed by atoms with E-state index in [1.54, 1.807) is 0 Å². The molecule has 0 radical (unpaired) electrons. The number of unbranched alkanes of at least 4 members (excludes halogenated alkanes) is 1. The summed E-state index contributed by atoms with van der Waals surface area (Å²) in [5.41, 5.74) is 2.46. The molecule has 2 nitrogen and oxygen atoms in total. The van der Waals surface area contributed by atoms with Crippen LogP contribution in [0.2, 0.25) is 5.02 Å². The number of halogens is 1. The molecule has 0 aromatic heterocycles. The van der Waals surface area contributed by atoms with Gasteiger partial charge in [-0.15, -0.1) is 0 Å². The Morgan fingerprint density at radius 2 is 1.68 bits per heavy atom. The third kappa shape index (κ3) is 5.23. The Morgan fingerprint density at radius 1 is 0.960 bits per heavy atom. The molecule has 0 saturated carbocycles. The third-order valence-electron chi connectivity index (χ3n) is 5.22. The lowest BCUT2D eigenvalue weighted by Crippen LogP contribution is -2.38. The second-order valence-corrected chi connectivity index (χ2v) is 7.49. The molecule has 1 aliphatic heterocycles. The monoisotopic (exact) mass is 356 g/mol. The molecule has 3 heteroatoms. The Balaban J connectivity index is 1.59. The molecule has 2 aromatic rings. The minimum Gasteiger partial charge on any atom is -0.341 e. The van der Waals surface area contributed by atoms with Crippen molar-refractivity contribution >= 4 is 23.0 Å². The number of para-hydroxylation sites is 1. The van der Waals surface area contributed by atoms with Crippen molar-refractivity contribution in [2.24, 2.45) is 0 Å². The summed E-state index contributed by atoms with van der Waals surface area (Å²) in [6, 6.07) is 19.6. The number of hydrogen-bond acceptors (Lipinski definition) is 2. The van der Waals surface area contributed by atoms with E-state index < -0.39 is 0 Å². The predicted molar refractivity (Wildman–Crippen MR) is 109 cm³/mol. The summed E-state index contributed by atoms with van der Waals surface area (Å²) >= 11 is 6.06. The lowest BCUT2D eigenvalue weighted by Gasteiger charge is -2.33. The topological polar surface area (TPSA) is 6.48 Å². The van der Waals surface area contributed by atoms with Crippen LogP contribution in [0.3, 0.4) is 0 Å². The zero-order valence-corrected chi connectivity index (χ0v) is 16.0. The van der Waals surface area contributed by atoms with E-state index in [9.17, 15) is 0 Å². The van der Waals surface area contributed by atoms with Gasteiger partial charge in [0.25, 0.3) is 0 Å². The number of anilines is 2. The Hall–Kier alpha value is -1.51. The van der Waals surface area contributed by atoms with Crippen LogP contribution in [0.4, 0.5) is 11.4 Å². The maximum Gasteiger partial charge on any atom is 0.0411 e. The molecular formula is C22H29ClN2. The molecule has 0 N–H and O–H groups in total. The van der Waals surface area contributed by atoms with Crippen LogP contribution in [0.25, 0.3) is 0 Å². The summed E-state index contributed by atoms with van der Waals surface area (Å²) in [6.45, 7) is 5.92. The first-order valence-electron chi connectivity index (χ1n) is 9.56. The van der Waals surface area contributed by atoms with E-state index in [1.807, 2.05) is 12.1 Å². The van der Waals surface area contributed by atoms with Gasteiger partial charge in [-0.2, -0.15) is 0 Å². The van der Waals surface area contributed by atoms with E-state index in [0.29, 0.717) is 0 Å². The van der Waals surface area contributed by atoms with Crippen molar-refractivity contribution in [3.63, 3.8) is 0 Å². The minimum atomic E-state index is 0.759. The first-order chi connectivity index (χ1) is 12.2. The van der Waals surface area contributed by atoms with Gasteiger partial charge in [-0.05, 0) is 82.1 Å². The van der Waals surface area contributed by atoms with Gasteiger partial charge in [0.05, 0.1) is 0 Å². The van der Waals surface area contributed by atoms with Crippen LogP contribution < -0.4 is 4.90 Å². The minimum absolute atomic E-state index is 0.759. The molecule has 0 aliphatic carbocycles. The smallest absolute Gasteiger partial charge is 0.0411 e. The Bertz CT molecular complexity index is 626. The number of benzene rings is 2. The molecule has 1 heterocycles. The molecule has 0 spiro atoms. The molecule has 0 bridgehead atoms. The highest BCUT2D eigenvalue weighted by atomic mass is 35.5. The maximum atomic E-state index is 6.06. The molecule has 1 unspecified atom stereocenters. The normalized spacial score (nSPS) is 18.2. The van der Waals surface area contributed by atoms with E-state index >= 15 is 0 Å². The largest absolute Gasteiger partial charge is 0.341 e. The second-order valence-electron chi connectivity index (χ2n) is 7.05. The highest BCUT2D eigenvalue weighted by molar-refractivity contribution is 6.30. The van der Waals surface area contributed by atoms with Crippen LogP contribution in [-0.2, 0) is 0 Å². The fourth-order valence-corrected chi connectivity index (χ4v) is 3.84. The van der Waals surface area contributed by atoms with Crippen LogP contribution in [0.5, 0.6) is 0 Å². The fraction of sp³-hybridized carbons (Fsp3) is 0.455. The number of likely N-dealkylation sites (tertiary alicyclic amines) is 1. The maximum absolute atomic E-state index is 6.06. The zero-order valence-electron chi connectivity index (χ0n) is 15.2. The predicted octanol–water partition coefficient (Wildman–Crippen LogP) is 6.13. The summed E-state index contributed by atoms with van der Waals surface area (Å²) in [5, 5.41) is 0.788. The van der Waals surface area contributed by atoms with Crippen LogP contribution in [0.15, 0.2) is 54.6 Å². The van der Waals surface area contributed by atoms with Gasteiger partial charge < -0.3 is 9.80 Å². The van der Waals surface area contributed by atoms with E-state index in [0.717, 1.165) is 17.6 Å². The van der Waals surface area contributed by atoms with Crippen molar-refractivity contribution in [2.45, 2.75) is 45.1 Å². The average Bonchev–Trinajstić information content (AvgIpc) is 2.65. The fourth-order valence-electron chi connectivity index (χ4n) is 3.71. The molecule has 1 atom stereocenters. The van der Waals surface area contributed by atoms with E-state index in [4.69, 9.17) is 11.6 Å². The van der Waals surface area contributed by atoms with Crippen LogP contribution in [0, 0.1) is 0 Å². The molecule has 3 rings (SSSR count). The zero-order chi connectivity index (χ0) is 17.5. The summed E-state index contributed by atoms with van der Waals surface area (Å²) in [6.07, 6.45) is 6.57. The second kappa shape index (κ2) is 9.26. The molecular weight excluding hydrogens is 328 g/mol. The molecule has 1 aliphatic rings. The summed E-state index contributed by atoms with van der Waals surface area (Å²) < 4.78 is 0. The number of rotatable bonds is 7. The van der Waals surface area contributed by atoms with Gasteiger partial charge in [-0.3, -0.25) is 0 Å². The summed E-state index contributed by atoms with van der Waals surface area (Å²) in [5.74, 6) is 0. The van der Waals surface area contributed by atoms with Gasteiger partial charge in [-0.25, -0.2) is 0 Å². The molecule has 25 heavy (non-hydrogen) atoms.